The fraction of sp³-hybridized carbons (Fsp3) is 0.0769. The standard InChI is InChI=1S/C13H12FN3O7S2/c1-24-13-5-3-8(25(15,20)21)6-11(13)16-26(22,23)9-2-4-10(14)12(7-9)17(18)19/h2-7,16H,1H3,(H2,15,20,21). The van der Waals surface area contributed by atoms with Crippen molar-refractivity contribution in [3.63, 3.8) is 0 Å². The minimum atomic E-state index is -4.42. The Morgan fingerprint density at radius 1 is 1.12 bits per heavy atom. The van der Waals surface area contributed by atoms with E-state index < -0.39 is 41.4 Å². The summed E-state index contributed by atoms with van der Waals surface area (Å²) < 4.78 is 68.1. The third kappa shape index (κ3) is 4.07. The number of hydrogen-bond donors (Lipinski definition) is 2. The van der Waals surface area contributed by atoms with Gasteiger partial charge in [0.15, 0.2) is 0 Å². The molecule has 0 amide bonds. The minimum Gasteiger partial charge on any atom is -0.495 e. The highest BCUT2D eigenvalue weighted by Crippen LogP contribution is 2.30. The highest BCUT2D eigenvalue weighted by atomic mass is 32.2. The number of ether oxygens (including phenoxy) is 1. The lowest BCUT2D eigenvalue weighted by Crippen LogP contribution is -2.16. The van der Waals surface area contributed by atoms with E-state index in [4.69, 9.17) is 9.88 Å². The van der Waals surface area contributed by atoms with Gasteiger partial charge >= 0.3 is 5.69 Å². The molecule has 10 nitrogen and oxygen atoms in total. The monoisotopic (exact) mass is 405 g/mol. The average molecular weight is 405 g/mol. The molecule has 0 spiro atoms. The van der Waals surface area contributed by atoms with Gasteiger partial charge in [-0.1, -0.05) is 0 Å². The van der Waals surface area contributed by atoms with Gasteiger partial charge in [0.25, 0.3) is 10.0 Å². The first-order chi connectivity index (χ1) is 12.0. The lowest BCUT2D eigenvalue weighted by atomic mass is 10.3. The number of benzene rings is 2. The molecule has 13 heteroatoms. The predicted octanol–water partition coefficient (Wildman–Crippen LogP) is 1.19. The zero-order valence-electron chi connectivity index (χ0n) is 13.0. The predicted molar refractivity (Wildman–Crippen MR) is 88.2 cm³/mol. The Balaban J connectivity index is 2.53. The van der Waals surface area contributed by atoms with Crippen LogP contribution in [0.2, 0.25) is 0 Å². The Bertz CT molecular complexity index is 1080. The maximum atomic E-state index is 13.4. The molecule has 0 bridgehead atoms. The molecule has 0 heterocycles. The van der Waals surface area contributed by atoms with Gasteiger partial charge in [0.1, 0.15) is 5.75 Å². The summed E-state index contributed by atoms with van der Waals surface area (Å²) in [5.74, 6) is -1.24. The molecule has 0 fully saturated rings. The number of halogens is 1. The molecule has 0 aliphatic rings. The van der Waals surface area contributed by atoms with E-state index in [1.165, 1.54) is 13.2 Å². The third-order valence-electron chi connectivity index (χ3n) is 3.17. The van der Waals surface area contributed by atoms with Crippen molar-refractivity contribution in [1.82, 2.24) is 0 Å². The van der Waals surface area contributed by atoms with Crippen LogP contribution >= 0.6 is 0 Å². The molecule has 0 radical (unpaired) electrons. The molecular weight excluding hydrogens is 393 g/mol. The van der Waals surface area contributed by atoms with Crippen LogP contribution in [0, 0.1) is 15.9 Å². The molecule has 0 aliphatic heterocycles. The molecule has 0 unspecified atom stereocenters. The number of nitrogens with two attached hydrogens (primary N) is 1. The Morgan fingerprint density at radius 2 is 1.73 bits per heavy atom. The van der Waals surface area contributed by atoms with Crippen LogP contribution in [0.4, 0.5) is 15.8 Å². The number of anilines is 1. The molecule has 0 atom stereocenters. The number of hydrogen-bond acceptors (Lipinski definition) is 7. The van der Waals surface area contributed by atoms with Crippen LogP contribution in [0.1, 0.15) is 0 Å². The second-order valence-electron chi connectivity index (χ2n) is 4.88. The van der Waals surface area contributed by atoms with Crippen LogP contribution < -0.4 is 14.6 Å². The average Bonchev–Trinajstić information content (AvgIpc) is 2.53. The Morgan fingerprint density at radius 3 is 2.27 bits per heavy atom. The lowest BCUT2D eigenvalue weighted by Gasteiger charge is -2.13. The molecule has 0 saturated heterocycles. The number of nitrogens with one attached hydrogen (secondary N) is 1. The van der Waals surface area contributed by atoms with Crippen molar-refractivity contribution >= 4 is 31.4 Å². The van der Waals surface area contributed by atoms with Crippen LogP contribution in [0.5, 0.6) is 5.75 Å². The Labute approximate surface area is 147 Å². The number of sulfonamides is 2. The van der Waals surface area contributed by atoms with E-state index in [0.29, 0.717) is 12.1 Å². The molecule has 140 valence electrons. The fourth-order valence-electron chi connectivity index (χ4n) is 1.95. The summed E-state index contributed by atoms with van der Waals surface area (Å²) in [6.45, 7) is 0. The van der Waals surface area contributed by atoms with Gasteiger partial charge in [0.05, 0.1) is 27.5 Å². The normalized spacial score (nSPS) is 11.8. The van der Waals surface area contributed by atoms with Gasteiger partial charge in [-0.3, -0.25) is 14.8 Å². The number of methoxy groups -OCH3 is 1. The molecule has 2 rings (SSSR count). The van der Waals surface area contributed by atoms with E-state index in [1.807, 2.05) is 4.72 Å². The van der Waals surface area contributed by atoms with Gasteiger partial charge < -0.3 is 4.74 Å². The van der Waals surface area contributed by atoms with Gasteiger partial charge in [0.2, 0.25) is 15.8 Å². The van der Waals surface area contributed by atoms with E-state index in [0.717, 1.165) is 18.2 Å². The number of rotatable bonds is 6. The van der Waals surface area contributed by atoms with Gasteiger partial charge in [0, 0.05) is 6.07 Å². The zero-order valence-corrected chi connectivity index (χ0v) is 14.7. The highest BCUT2D eigenvalue weighted by Gasteiger charge is 2.23. The molecule has 2 aromatic rings. The number of primary sulfonamides is 1. The van der Waals surface area contributed by atoms with Gasteiger partial charge in [-0.05, 0) is 30.3 Å². The van der Waals surface area contributed by atoms with Crippen molar-refractivity contribution < 1.29 is 30.9 Å². The van der Waals surface area contributed by atoms with Crippen molar-refractivity contribution in [3.05, 3.63) is 52.3 Å². The van der Waals surface area contributed by atoms with Crippen molar-refractivity contribution in [2.75, 3.05) is 11.8 Å². The maximum absolute atomic E-state index is 13.4. The van der Waals surface area contributed by atoms with E-state index in [1.54, 1.807) is 0 Å². The first-order valence-electron chi connectivity index (χ1n) is 6.63. The molecule has 0 aromatic heterocycles. The topological polar surface area (TPSA) is 159 Å². The summed E-state index contributed by atoms with van der Waals surface area (Å²) in [7, 11) is -7.33. The second kappa shape index (κ2) is 6.86. The van der Waals surface area contributed by atoms with Crippen molar-refractivity contribution in [1.29, 1.82) is 0 Å². The molecule has 3 N–H and O–H groups in total. The van der Waals surface area contributed by atoms with Crippen LogP contribution in [-0.2, 0) is 20.0 Å². The van der Waals surface area contributed by atoms with Crippen LogP contribution in [0.15, 0.2) is 46.2 Å². The van der Waals surface area contributed by atoms with E-state index in [2.05, 4.69) is 0 Å². The second-order valence-corrected chi connectivity index (χ2v) is 8.13. The van der Waals surface area contributed by atoms with Crippen LogP contribution in [0.25, 0.3) is 0 Å². The number of nitrogens with zero attached hydrogens (tertiary/aromatic N) is 1. The lowest BCUT2D eigenvalue weighted by molar-refractivity contribution is -0.387. The molecule has 0 aliphatic carbocycles. The van der Waals surface area contributed by atoms with Crippen molar-refractivity contribution in [2.24, 2.45) is 5.14 Å². The van der Waals surface area contributed by atoms with Crippen molar-refractivity contribution in [3.8, 4) is 5.75 Å². The highest BCUT2D eigenvalue weighted by molar-refractivity contribution is 7.92. The summed E-state index contributed by atoms with van der Waals surface area (Å²) in [5, 5.41) is 15.8. The minimum absolute atomic E-state index is 0.0300. The van der Waals surface area contributed by atoms with E-state index in [-0.39, 0.29) is 16.3 Å². The summed E-state index contributed by atoms with van der Waals surface area (Å²) in [4.78, 5) is 8.70. The number of nitro groups is 1. The fourth-order valence-corrected chi connectivity index (χ4v) is 3.57. The smallest absolute Gasteiger partial charge is 0.306 e. The number of nitro benzene ring substituents is 1. The maximum Gasteiger partial charge on any atom is 0.306 e. The van der Waals surface area contributed by atoms with E-state index >= 15 is 0 Å². The quantitative estimate of drug-likeness (QED) is 0.539. The summed E-state index contributed by atoms with van der Waals surface area (Å²) >= 11 is 0. The largest absolute Gasteiger partial charge is 0.495 e. The van der Waals surface area contributed by atoms with Gasteiger partial charge in [-0.2, -0.15) is 4.39 Å². The Hall–Kier alpha value is -2.77. The van der Waals surface area contributed by atoms with E-state index in [9.17, 15) is 31.3 Å². The molecule has 0 saturated carbocycles. The van der Waals surface area contributed by atoms with Crippen molar-refractivity contribution in [2.45, 2.75) is 9.79 Å². The first-order valence-corrected chi connectivity index (χ1v) is 9.66. The van der Waals surface area contributed by atoms with Gasteiger partial charge in [-0.15, -0.1) is 0 Å². The molecule has 26 heavy (non-hydrogen) atoms. The molecule has 2 aromatic carbocycles. The summed E-state index contributed by atoms with van der Waals surface area (Å²) in [6.07, 6.45) is 0. The zero-order chi connectivity index (χ0) is 19.7. The summed E-state index contributed by atoms with van der Waals surface area (Å²) in [5.41, 5.74) is -1.30. The first kappa shape index (κ1) is 19.6. The third-order valence-corrected chi connectivity index (χ3v) is 5.44. The Kier molecular flexibility index (Phi) is 5.16. The summed E-state index contributed by atoms with van der Waals surface area (Å²) in [6, 6.07) is 5.18. The van der Waals surface area contributed by atoms with Crippen LogP contribution in [-0.4, -0.2) is 28.9 Å². The van der Waals surface area contributed by atoms with Gasteiger partial charge in [-0.25, -0.2) is 22.0 Å². The van der Waals surface area contributed by atoms with Crippen LogP contribution in [0.3, 0.4) is 0 Å². The SMILES string of the molecule is COc1ccc(S(N)(=O)=O)cc1NS(=O)(=O)c1ccc(F)c([N+](=O)[O-])c1. The molecular formula is C13H12FN3O7S2.